The van der Waals surface area contributed by atoms with Gasteiger partial charge in [0.15, 0.2) is 23.1 Å². The molecule has 2 aliphatic carbocycles. The van der Waals surface area contributed by atoms with Crippen molar-refractivity contribution in [3.8, 4) is 0 Å². The minimum absolute atomic E-state index is 0. The fourth-order valence-electron chi connectivity index (χ4n) is 13.3. The molecular weight excluding hydrogens is 1610 g/mol. The van der Waals surface area contributed by atoms with Gasteiger partial charge in [-0.25, -0.2) is 24.0 Å². The Labute approximate surface area is 715 Å². The van der Waals surface area contributed by atoms with Crippen molar-refractivity contribution in [2.24, 2.45) is 69.5 Å². The molecule has 9 aliphatic heterocycles. The fraction of sp³-hybridized carbons (Fsp3) is 0.616. The molecule has 3 amide bonds. The Bertz CT molecular complexity index is 3710. The summed E-state index contributed by atoms with van der Waals surface area (Å²) < 4.78 is 4.10. The second kappa shape index (κ2) is 60.6. The Morgan fingerprint density at radius 1 is 0.390 bits per heavy atom. The van der Waals surface area contributed by atoms with E-state index in [1.54, 1.807) is 68.7 Å². The molecule has 32 N–H and O–H groups in total. The molecule has 690 valence electrons. The average Bonchev–Trinajstić information content (AvgIpc) is 1.68. The summed E-state index contributed by atoms with van der Waals surface area (Å²) in [6.07, 6.45) is 26.7. The normalized spacial score (nSPS) is 21.0. The summed E-state index contributed by atoms with van der Waals surface area (Å²) in [5, 5.41) is 57.8. The number of ketones is 8. The molecule has 0 aromatic carbocycles. The Balaban J connectivity index is 0.000000455. The van der Waals surface area contributed by atoms with Gasteiger partial charge >= 0.3 is 12.2 Å². The minimum Gasteiger partial charge on any atom is -0.464 e. The number of carbonyl (C=O) groups excluding carboxylic acids is 10. The average molecular weight is 1740 g/mol. The number of nitrogens with zero attached hydrogens (tertiary/aromatic N) is 14. The molecule has 12 heterocycles. The second-order valence-corrected chi connectivity index (χ2v) is 28.8. The van der Waals surface area contributed by atoms with Crippen molar-refractivity contribution >= 4 is 71.3 Å². The van der Waals surface area contributed by atoms with Crippen molar-refractivity contribution in [2.45, 2.75) is 197 Å². The molecule has 0 spiro atoms. The number of Topliss-reactive ketones (excluding diaryl/α,β-unsaturated/α-hetero) is 8. The number of aromatic nitrogens is 9. The lowest BCUT2D eigenvalue weighted by Gasteiger charge is -2.26. The van der Waals surface area contributed by atoms with Gasteiger partial charge in [-0.15, -0.1) is 43.0 Å². The zero-order valence-corrected chi connectivity index (χ0v) is 70.9. The van der Waals surface area contributed by atoms with Gasteiger partial charge in [0.25, 0.3) is 0 Å². The van der Waals surface area contributed by atoms with E-state index in [9.17, 15) is 57.5 Å². The van der Waals surface area contributed by atoms with E-state index >= 15 is 0 Å². The third kappa shape index (κ3) is 39.4. The van der Waals surface area contributed by atoms with E-state index in [2.05, 4.69) is 107 Å². The fourth-order valence-corrected chi connectivity index (χ4v) is 13.3. The van der Waals surface area contributed by atoms with Gasteiger partial charge in [-0.2, -0.15) is 14.7 Å². The molecule has 123 heavy (non-hydrogen) atoms. The van der Waals surface area contributed by atoms with Crippen molar-refractivity contribution in [1.29, 1.82) is 0 Å². The van der Waals surface area contributed by atoms with Gasteiger partial charge in [-0.1, -0.05) is 48.8 Å². The molecule has 3 aromatic rings. The van der Waals surface area contributed by atoms with E-state index in [-0.39, 0.29) is 99.0 Å². The topological polar surface area (TPSA) is 730 Å². The lowest BCUT2D eigenvalue weighted by molar-refractivity contribution is -0.120. The number of amides is 3. The van der Waals surface area contributed by atoms with Crippen LogP contribution in [0.2, 0.25) is 0 Å². The molecule has 6 fully saturated rings. The van der Waals surface area contributed by atoms with Crippen LogP contribution in [-0.2, 0) is 80.7 Å². The van der Waals surface area contributed by atoms with Gasteiger partial charge in [0.1, 0.15) is 36.2 Å². The second-order valence-electron chi connectivity index (χ2n) is 28.8. The first-order valence-electron chi connectivity index (χ1n) is 39.9. The summed E-state index contributed by atoms with van der Waals surface area (Å²) in [6.45, 7) is 20.8. The van der Waals surface area contributed by atoms with Gasteiger partial charge in [0.2, 0.25) is 12.8 Å². The highest BCUT2D eigenvalue weighted by molar-refractivity contribution is 5.83. The Morgan fingerprint density at radius 3 is 1.02 bits per heavy atom. The van der Waals surface area contributed by atoms with Crippen molar-refractivity contribution in [3.63, 3.8) is 0 Å². The summed E-state index contributed by atoms with van der Waals surface area (Å²) in [5.74, 6) is 4.45. The van der Waals surface area contributed by atoms with Gasteiger partial charge in [-0.05, 0) is 157 Å². The van der Waals surface area contributed by atoms with Crippen molar-refractivity contribution in [1.82, 2.24) is 146 Å². The maximum absolute atomic E-state index is 11.2. The predicted molar refractivity (Wildman–Crippen MR) is 453 cm³/mol. The highest BCUT2D eigenvalue weighted by Gasteiger charge is 2.40. The first kappa shape index (κ1) is 108. The maximum atomic E-state index is 11.2. The molecule has 0 bridgehead atoms. The van der Waals surface area contributed by atoms with Crippen LogP contribution in [0.1, 0.15) is 157 Å². The van der Waals surface area contributed by atoms with E-state index in [4.69, 9.17) is 56.1 Å². The van der Waals surface area contributed by atoms with Crippen LogP contribution in [0.5, 0.6) is 0 Å². The number of nitrogens with two attached hydrogens (primary N) is 8. The van der Waals surface area contributed by atoms with Crippen LogP contribution in [-0.4, -0.2) is 248 Å². The third-order valence-electron chi connectivity index (χ3n) is 19.5. The van der Waals surface area contributed by atoms with Crippen LogP contribution < -0.4 is 122 Å². The van der Waals surface area contributed by atoms with Crippen LogP contribution in [0.3, 0.4) is 0 Å². The monoisotopic (exact) mass is 1740 g/mol. The van der Waals surface area contributed by atoms with Gasteiger partial charge in [-0.3, -0.25) is 58.0 Å². The minimum atomic E-state index is -1.08. The number of fused-ring (bicyclic) bond motifs is 2. The summed E-state index contributed by atoms with van der Waals surface area (Å²) in [6, 6.07) is 0.732. The predicted octanol–water partition coefficient (Wildman–Crippen LogP) is -5.33. The van der Waals surface area contributed by atoms with Crippen molar-refractivity contribution in [3.05, 3.63) is 95.2 Å². The molecule has 4 saturated heterocycles. The lowest BCUT2D eigenvalue weighted by atomic mass is 9.78. The number of carboxylic acid groups (broad SMARTS) is 2. The molecule has 3 aromatic heterocycles. The molecule has 11 aliphatic rings. The lowest BCUT2D eigenvalue weighted by Crippen LogP contribution is -2.42. The van der Waals surface area contributed by atoms with E-state index in [0.717, 1.165) is 107 Å². The van der Waals surface area contributed by atoms with Crippen molar-refractivity contribution in [2.75, 3.05) is 72.0 Å². The van der Waals surface area contributed by atoms with E-state index < -0.39 is 12.2 Å². The van der Waals surface area contributed by atoms with Crippen LogP contribution in [0.25, 0.3) is 0 Å². The Hall–Kier alpha value is -10.9. The molecular formula is C73H134N36O14. The molecule has 8 unspecified atom stereocenters. The number of hydrogen-bond donors (Lipinski definition) is 24. The zero-order valence-electron chi connectivity index (χ0n) is 70.9. The zero-order chi connectivity index (χ0) is 90.6. The number of hydrogen-bond acceptors (Lipinski definition) is 42. The summed E-state index contributed by atoms with van der Waals surface area (Å²) in [7, 11) is 0. The standard InChI is InChI=1S/2C10H17NO.2C6H12N4O.2C6H10N4O.2C6H11NO.2C4H8N4O2.C4H8N4O.C4H6N4O.CH4/c2*1-7(12)10-9-5-3-2-4-8(9)6-11-10;4*1-5(11)4-10-6(2-7)3-8-9-10;2*1-5(8)6-3-2-4-7-6;2*5-1-3-2-6-7-8(3)4(9)10;2*5-1-4-2-6-7-8(4)3-9;/h2*8-11H,2-6H2,1H3;2*3,8-9H,2,4,7H2,1H3;2*3H,2,4,7H2,1H3;2*6-7H,2-4H2,1H3;2*2,6-7H,1,5H2,(H,9,10);2-3,6-7H,1,5H2;2-3H,1,5H2;1H4. The first-order chi connectivity index (χ1) is 58.4. The first-order valence-corrected chi connectivity index (χ1v) is 39.9. The summed E-state index contributed by atoms with van der Waals surface area (Å²) in [4.78, 5) is 127. The highest BCUT2D eigenvalue weighted by atomic mass is 16.4. The van der Waals surface area contributed by atoms with E-state index in [0.29, 0.717) is 99.1 Å². The number of nitrogens with one attached hydrogen (secondary N) is 14. The van der Waals surface area contributed by atoms with Gasteiger partial charge in [0.05, 0.1) is 101 Å². The SMILES string of the molecule is C.CC(=O)C1CCCN1.CC(=O)C1CCCN1.CC(=O)C1NCC2CCCCC21.CC(=O)C1NCC2CCCCC21.CC(=O)CN1NNC=C1CN.CC(=O)CN1NNC=C1CN.CC(=O)Cn1nncc1CN.CC(=O)Cn1nncc1CN.NCC1=CNNN1C(=O)O.NCC1=CNNN1C(=O)O.NCC1=CNNN1C=O.NCc1cnnn1C=O. The number of hydrazine groups is 10. The van der Waals surface area contributed by atoms with Gasteiger partial charge < -0.3 is 104 Å². The summed E-state index contributed by atoms with van der Waals surface area (Å²) in [5.41, 5.74) is 74.1. The van der Waals surface area contributed by atoms with Crippen LogP contribution in [0, 0.1) is 23.7 Å². The molecule has 0 radical (unpaired) electrons. The Morgan fingerprint density at radius 2 is 0.732 bits per heavy atom. The van der Waals surface area contributed by atoms with E-state index in [1.807, 2.05) is 0 Å². The molecule has 50 nitrogen and oxygen atoms in total. The van der Waals surface area contributed by atoms with Crippen molar-refractivity contribution < 1.29 is 67.7 Å². The van der Waals surface area contributed by atoms with Crippen LogP contribution in [0.15, 0.2) is 78.1 Å². The quantitative estimate of drug-likeness (QED) is 0.0418. The van der Waals surface area contributed by atoms with Gasteiger partial charge in [0, 0.05) is 83.4 Å². The number of rotatable bonds is 22. The molecule has 8 atom stereocenters. The largest absolute Gasteiger partial charge is 0.464 e. The third-order valence-corrected chi connectivity index (χ3v) is 19.5. The van der Waals surface area contributed by atoms with Crippen LogP contribution >= 0.6 is 0 Å². The molecule has 14 rings (SSSR count). The smallest absolute Gasteiger partial charge is 0.427 e. The number of carbonyl (C=O) groups is 12. The molecule has 50 heteroatoms. The molecule has 2 saturated carbocycles. The van der Waals surface area contributed by atoms with E-state index in [1.165, 1.54) is 112 Å². The van der Waals surface area contributed by atoms with Crippen LogP contribution in [0.4, 0.5) is 9.59 Å². The Kier molecular flexibility index (Phi) is 53.3. The highest BCUT2D eigenvalue weighted by Crippen LogP contribution is 2.37. The maximum Gasteiger partial charge on any atom is 0.427 e. The summed E-state index contributed by atoms with van der Waals surface area (Å²) >= 11 is 0.